The molecule has 0 amide bonds. The largest absolute Gasteiger partial charge is 0.478 e. The van der Waals surface area contributed by atoms with Gasteiger partial charge in [0.2, 0.25) is 0 Å². The fourth-order valence-corrected chi connectivity index (χ4v) is 6.37. The van der Waals surface area contributed by atoms with E-state index in [4.69, 9.17) is 0 Å². The number of hydrogen-bond donors (Lipinski definition) is 2. The number of carbonyl (C=O) groups is 1. The van der Waals surface area contributed by atoms with Gasteiger partial charge in [-0.15, -0.1) is 0 Å². The Labute approximate surface area is 138 Å². The van der Waals surface area contributed by atoms with Crippen LogP contribution in [0, 0.1) is 22.7 Å². The number of carboxylic acids is 1. The molecule has 0 spiro atoms. The third-order valence-electron chi connectivity index (χ3n) is 7.66. The molecule has 126 valence electrons. The van der Waals surface area contributed by atoms with E-state index in [0.717, 1.165) is 12.8 Å². The van der Waals surface area contributed by atoms with Gasteiger partial charge in [0.05, 0.1) is 11.7 Å². The molecule has 0 aromatic rings. The molecule has 2 fully saturated rings. The topological polar surface area (TPSA) is 57.5 Å². The molecule has 0 radical (unpaired) electrons. The van der Waals surface area contributed by atoms with Gasteiger partial charge in [-0.05, 0) is 74.0 Å². The van der Waals surface area contributed by atoms with Gasteiger partial charge in [0.1, 0.15) is 0 Å². The molecule has 0 saturated heterocycles. The summed E-state index contributed by atoms with van der Waals surface area (Å²) >= 11 is 0. The van der Waals surface area contributed by atoms with Gasteiger partial charge >= 0.3 is 5.97 Å². The molecule has 0 bridgehead atoms. The van der Waals surface area contributed by atoms with Gasteiger partial charge in [-0.3, -0.25) is 0 Å². The van der Waals surface area contributed by atoms with Crippen LogP contribution in [-0.2, 0) is 4.79 Å². The SMILES string of the molecule is C[C@@]12CCCC1=C1CCC3C=C(C(=O)O)C(O)C[C@]3(C)[C@@H]1CC2. The summed E-state index contributed by atoms with van der Waals surface area (Å²) < 4.78 is 0. The van der Waals surface area contributed by atoms with Crippen molar-refractivity contribution in [1.29, 1.82) is 0 Å². The van der Waals surface area contributed by atoms with E-state index in [-0.39, 0.29) is 11.0 Å². The highest BCUT2D eigenvalue weighted by Crippen LogP contribution is 2.63. The predicted octanol–water partition coefficient (Wildman–Crippen LogP) is 4.08. The number of rotatable bonds is 1. The van der Waals surface area contributed by atoms with Crippen molar-refractivity contribution in [2.24, 2.45) is 22.7 Å². The van der Waals surface area contributed by atoms with Crippen molar-refractivity contribution in [2.45, 2.75) is 71.3 Å². The first kappa shape index (κ1) is 15.4. The molecule has 4 aliphatic carbocycles. The van der Waals surface area contributed by atoms with Crippen LogP contribution in [0.15, 0.2) is 22.8 Å². The second-order valence-electron chi connectivity index (χ2n) is 8.81. The molecular weight excluding hydrogens is 288 g/mol. The first-order chi connectivity index (χ1) is 10.8. The molecule has 2 saturated carbocycles. The van der Waals surface area contributed by atoms with Gasteiger partial charge in [0.25, 0.3) is 0 Å². The summed E-state index contributed by atoms with van der Waals surface area (Å²) in [7, 11) is 0. The van der Waals surface area contributed by atoms with Crippen LogP contribution in [0.2, 0.25) is 0 Å². The highest BCUT2D eigenvalue weighted by molar-refractivity contribution is 5.88. The fraction of sp³-hybridized carbons (Fsp3) is 0.750. The smallest absolute Gasteiger partial charge is 0.333 e. The molecule has 0 heterocycles. The maximum Gasteiger partial charge on any atom is 0.333 e. The first-order valence-corrected chi connectivity index (χ1v) is 9.21. The van der Waals surface area contributed by atoms with Gasteiger partial charge in [0, 0.05) is 0 Å². The summed E-state index contributed by atoms with van der Waals surface area (Å²) in [5.41, 5.74) is 4.11. The van der Waals surface area contributed by atoms with Gasteiger partial charge in [-0.1, -0.05) is 31.1 Å². The van der Waals surface area contributed by atoms with Crippen molar-refractivity contribution in [3.8, 4) is 0 Å². The lowest BCUT2D eigenvalue weighted by Gasteiger charge is -2.55. The standard InChI is InChI=1S/C20H28O3/c1-19-8-3-4-15(19)13-6-5-12-10-14(18(22)23)17(21)11-20(12,2)16(13)7-9-19/h10,12,16-17,21H,3-9,11H2,1-2H3,(H,22,23)/t12?,16-,17?,19+,20+/m1/s1. The van der Waals surface area contributed by atoms with Crippen LogP contribution < -0.4 is 0 Å². The zero-order chi connectivity index (χ0) is 16.4. The summed E-state index contributed by atoms with van der Waals surface area (Å²) in [4.78, 5) is 11.4. The third-order valence-corrected chi connectivity index (χ3v) is 7.66. The Morgan fingerprint density at radius 3 is 2.74 bits per heavy atom. The average molecular weight is 316 g/mol. The zero-order valence-electron chi connectivity index (χ0n) is 14.3. The number of aliphatic carboxylic acids is 1. The monoisotopic (exact) mass is 316 g/mol. The van der Waals surface area contributed by atoms with Crippen molar-refractivity contribution in [3.05, 3.63) is 22.8 Å². The molecule has 2 unspecified atom stereocenters. The summed E-state index contributed by atoms with van der Waals surface area (Å²) in [6.45, 7) is 4.75. The number of fused-ring (bicyclic) bond motifs is 4. The lowest BCUT2D eigenvalue weighted by Crippen LogP contribution is -2.48. The maximum absolute atomic E-state index is 11.4. The zero-order valence-corrected chi connectivity index (χ0v) is 14.3. The Kier molecular flexibility index (Phi) is 3.32. The van der Waals surface area contributed by atoms with Crippen LogP contribution in [0.1, 0.15) is 65.2 Å². The van der Waals surface area contributed by atoms with E-state index in [1.54, 1.807) is 11.1 Å². The van der Waals surface area contributed by atoms with Crippen molar-refractivity contribution >= 4 is 5.97 Å². The molecule has 4 rings (SSSR count). The van der Waals surface area contributed by atoms with Gasteiger partial charge in [-0.2, -0.15) is 0 Å². The molecule has 4 aliphatic rings. The van der Waals surface area contributed by atoms with E-state index in [0.29, 0.717) is 23.7 Å². The van der Waals surface area contributed by atoms with Gasteiger partial charge in [0.15, 0.2) is 0 Å². The van der Waals surface area contributed by atoms with E-state index in [2.05, 4.69) is 13.8 Å². The minimum Gasteiger partial charge on any atom is -0.478 e. The number of carboxylic acid groups (broad SMARTS) is 1. The minimum atomic E-state index is -0.948. The second kappa shape index (κ2) is 4.95. The lowest BCUT2D eigenvalue weighted by molar-refractivity contribution is -0.134. The molecule has 3 nitrogen and oxygen atoms in total. The van der Waals surface area contributed by atoms with Crippen LogP contribution in [0.5, 0.6) is 0 Å². The molecule has 0 aromatic carbocycles. The number of aliphatic hydroxyl groups is 1. The van der Waals surface area contributed by atoms with Crippen LogP contribution >= 0.6 is 0 Å². The number of hydrogen-bond acceptors (Lipinski definition) is 2. The molecule has 2 N–H and O–H groups in total. The second-order valence-corrected chi connectivity index (χ2v) is 8.81. The van der Waals surface area contributed by atoms with Crippen LogP contribution in [-0.4, -0.2) is 22.3 Å². The highest BCUT2D eigenvalue weighted by Gasteiger charge is 2.53. The number of aliphatic hydroxyl groups excluding tert-OH is 1. The lowest BCUT2D eigenvalue weighted by atomic mass is 9.50. The van der Waals surface area contributed by atoms with Crippen molar-refractivity contribution in [1.82, 2.24) is 0 Å². The molecule has 3 heteroatoms. The Bertz CT molecular complexity index is 616. The minimum absolute atomic E-state index is 0.0306. The Morgan fingerprint density at radius 2 is 2.00 bits per heavy atom. The van der Waals surface area contributed by atoms with Crippen LogP contribution in [0.3, 0.4) is 0 Å². The fourth-order valence-electron chi connectivity index (χ4n) is 6.37. The molecular formula is C20H28O3. The van der Waals surface area contributed by atoms with Crippen molar-refractivity contribution in [3.63, 3.8) is 0 Å². The maximum atomic E-state index is 11.4. The van der Waals surface area contributed by atoms with Gasteiger partial charge in [-0.25, -0.2) is 4.79 Å². The summed E-state index contributed by atoms with van der Waals surface area (Å²) in [6.07, 6.45) is 10.3. The first-order valence-electron chi connectivity index (χ1n) is 9.21. The molecule has 0 aromatic heterocycles. The number of allylic oxidation sites excluding steroid dienone is 3. The van der Waals surface area contributed by atoms with Crippen LogP contribution in [0.4, 0.5) is 0 Å². The summed E-state index contributed by atoms with van der Waals surface area (Å²) in [5.74, 6) is -0.100. The van der Waals surface area contributed by atoms with Crippen LogP contribution in [0.25, 0.3) is 0 Å². The highest BCUT2D eigenvalue weighted by atomic mass is 16.4. The Morgan fingerprint density at radius 1 is 1.22 bits per heavy atom. The van der Waals surface area contributed by atoms with E-state index in [1.165, 1.54) is 32.1 Å². The summed E-state index contributed by atoms with van der Waals surface area (Å²) in [6, 6.07) is 0. The molecule has 0 aliphatic heterocycles. The normalized spacial score (nSPS) is 45.9. The Hall–Kier alpha value is -1.09. The van der Waals surface area contributed by atoms with E-state index in [9.17, 15) is 15.0 Å². The van der Waals surface area contributed by atoms with E-state index in [1.807, 2.05) is 6.08 Å². The Balaban J connectivity index is 1.75. The van der Waals surface area contributed by atoms with Gasteiger partial charge < -0.3 is 10.2 Å². The average Bonchev–Trinajstić information content (AvgIpc) is 2.87. The van der Waals surface area contributed by atoms with Crippen molar-refractivity contribution < 1.29 is 15.0 Å². The summed E-state index contributed by atoms with van der Waals surface area (Å²) in [5, 5.41) is 19.7. The molecule has 23 heavy (non-hydrogen) atoms. The van der Waals surface area contributed by atoms with Crippen molar-refractivity contribution in [2.75, 3.05) is 0 Å². The van der Waals surface area contributed by atoms with E-state index < -0.39 is 12.1 Å². The van der Waals surface area contributed by atoms with E-state index >= 15 is 0 Å². The predicted molar refractivity (Wildman–Crippen MR) is 88.9 cm³/mol. The quantitative estimate of drug-likeness (QED) is 0.717. The molecule has 5 atom stereocenters. The third kappa shape index (κ3) is 2.08.